The summed E-state index contributed by atoms with van der Waals surface area (Å²) in [5, 5.41) is 11.3. The van der Waals surface area contributed by atoms with E-state index < -0.39 is 10.0 Å². The number of nitrogens with one attached hydrogen (secondary N) is 2. The van der Waals surface area contributed by atoms with Gasteiger partial charge in [-0.25, -0.2) is 13.4 Å². The predicted octanol–water partition coefficient (Wildman–Crippen LogP) is 3.70. The minimum absolute atomic E-state index is 0.289. The molecule has 0 unspecified atom stereocenters. The maximum Gasteiger partial charge on any atom is 0.243 e. The van der Waals surface area contributed by atoms with E-state index in [1.165, 1.54) is 0 Å². The second-order valence-electron chi connectivity index (χ2n) is 8.77. The van der Waals surface area contributed by atoms with Crippen molar-refractivity contribution in [3.8, 4) is 0 Å². The molecular weight excluding hydrogens is 506 g/mol. The summed E-state index contributed by atoms with van der Waals surface area (Å²) in [6.45, 7) is 1.18. The van der Waals surface area contributed by atoms with Crippen LogP contribution in [0.1, 0.15) is 38.5 Å². The number of rotatable bonds is 6. The number of nitrogens with two attached hydrogens (primary N) is 1. The highest BCUT2D eigenvalue weighted by molar-refractivity contribution is 9.10. The average Bonchev–Trinajstić information content (AvgIpc) is 3.47. The Bertz CT molecular complexity index is 1230. The molecule has 1 saturated heterocycles. The molecule has 0 spiro atoms. The monoisotopic (exact) mass is 533 g/mol. The van der Waals surface area contributed by atoms with Crippen molar-refractivity contribution < 1.29 is 8.42 Å². The van der Waals surface area contributed by atoms with Crippen LogP contribution in [-0.4, -0.2) is 52.5 Å². The molecule has 5 rings (SSSR count). The second kappa shape index (κ2) is 9.21. The van der Waals surface area contributed by atoms with Gasteiger partial charge in [-0.2, -0.15) is 13.9 Å². The van der Waals surface area contributed by atoms with Crippen molar-refractivity contribution in [3.63, 3.8) is 0 Å². The first-order valence-corrected chi connectivity index (χ1v) is 13.6. The fourth-order valence-electron chi connectivity index (χ4n) is 4.51. The molecule has 3 heterocycles. The Morgan fingerprint density at radius 2 is 1.76 bits per heavy atom. The zero-order valence-corrected chi connectivity index (χ0v) is 20.6. The molecule has 1 aliphatic heterocycles. The molecule has 2 aliphatic rings. The van der Waals surface area contributed by atoms with E-state index in [1.54, 1.807) is 39.3 Å². The molecular formula is C22H28BrN7O2S. The van der Waals surface area contributed by atoms with Crippen LogP contribution in [0.2, 0.25) is 0 Å². The summed E-state index contributed by atoms with van der Waals surface area (Å²) < 4.78 is 29.7. The van der Waals surface area contributed by atoms with Crippen molar-refractivity contribution in [1.29, 1.82) is 0 Å². The minimum atomic E-state index is -3.43. The lowest BCUT2D eigenvalue weighted by molar-refractivity contribution is 0.410. The van der Waals surface area contributed by atoms with Crippen molar-refractivity contribution in [1.82, 2.24) is 18.9 Å². The minimum Gasteiger partial charge on any atom is -0.367 e. The fourth-order valence-corrected chi connectivity index (χ4v) is 6.37. The first-order chi connectivity index (χ1) is 15.9. The molecule has 1 saturated carbocycles. The Hall–Kier alpha value is -2.21. The molecule has 0 radical (unpaired) electrons. The molecule has 9 nitrogen and oxygen atoms in total. The SMILES string of the molecule is NC1CCC(Nc2cc(Nc3ccc(S(=O)(=O)N4CCCC4)cc3)n3ncc(Br)c3n2)CC1. The van der Waals surface area contributed by atoms with Gasteiger partial charge in [-0.15, -0.1) is 0 Å². The van der Waals surface area contributed by atoms with Gasteiger partial charge in [-0.1, -0.05) is 0 Å². The van der Waals surface area contributed by atoms with E-state index in [9.17, 15) is 8.42 Å². The van der Waals surface area contributed by atoms with Gasteiger partial charge in [0.15, 0.2) is 5.65 Å². The Labute approximate surface area is 201 Å². The molecule has 2 fully saturated rings. The molecule has 0 amide bonds. The van der Waals surface area contributed by atoms with E-state index in [4.69, 9.17) is 10.7 Å². The number of fused-ring (bicyclic) bond motifs is 1. The van der Waals surface area contributed by atoms with Crippen molar-refractivity contribution in [2.24, 2.45) is 5.73 Å². The lowest BCUT2D eigenvalue weighted by Gasteiger charge is -2.27. The molecule has 3 aromatic rings. The van der Waals surface area contributed by atoms with Crippen LogP contribution in [0.5, 0.6) is 0 Å². The number of hydrogen-bond donors (Lipinski definition) is 3. The van der Waals surface area contributed by atoms with Crippen molar-refractivity contribution in [2.45, 2.75) is 55.5 Å². The van der Waals surface area contributed by atoms with Crippen LogP contribution in [0.25, 0.3) is 5.65 Å². The third kappa shape index (κ3) is 4.72. The maximum absolute atomic E-state index is 12.8. The summed E-state index contributed by atoms with van der Waals surface area (Å²) in [6, 6.07) is 9.42. The number of benzene rings is 1. The fraction of sp³-hybridized carbons (Fsp3) is 0.455. The zero-order chi connectivity index (χ0) is 23.0. The van der Waals surface area contributed by atoms with Gasteiger partial charge in [-0.3, -0.25) is 0 Å². The Balaban J connectivity index is 1.39. The summed E-state index contributed by atoms with van der Waals surface area (Å²) >= 11 is 3.53. The normalized spacial score (nSPS) is 22.0. The molecule has 2 aromatic heterocycles. The number of anilines is 3. The second-order valence-corrected chi connectivity index (χ2v) is 11.6. The van der Waals surface area contributed by atoms with Crippen LogP contribution in [0.15, 0.2) is 45.9 Å². The van der Waals surface area contributed by atoms with Gasteiger partial charge >= 0.3 is 0 Å². The van der Waals surface area contributed by atoms with Crippen LogP contribution < -0.4 is 16.4 Å². The van der Waals surface area contributed by atoms with Gasteiger partial charge in [0, 0.05) is 36.9 Å². The third-order valence-corrected chi connectivity index (χ3v) is 8.85. The molecule has 0 bridgehead atoms. The van der Waals surface area contributed by atoms with Gasteiger partial charge in [0.25, 0.3) is 0 Å². The van der Waals surface area contributed by atoms with Crippen LogP contribution in [0.3, 0.4) is 0 Å². The largest absolute Gasteiger partial charge is 0.367 e. The lowest BCUT2D eigenvalue weighted by Crippen LogP contribution is -2.33. The summed E-state index contributed by atoms with van der Waals surface area (Å²) in [6.07, 6.45) is 7.60. The van der Waals surface area contributed by atoms with Crippen LogP contribution in [-0.2, 0) is 10.0 Å². The smallest absolute Gasteiger partial charge is 0.243 e. The van der Waals surface area contributed by atoms with E-state index in [0.29, 0.717) is 29.7 Å². The van der Waals surface area contributed by atoms with Crippen LogP contribution >= 0.6 is 15.9 Å². The standard InChI is InChI=1S/C22H28BrN7O2S/c23-19-14-25-30-21(13-20(28-22(19)30)26-16-5-3-15(24)4-6-16)27-17-7-9-18(10-8-17)33(31,32)29-11-1-2-12-29/h7-10,13-16,27H,1-6,11-12,24H2,(H,26,28). The summed E-state index contributed by atoms with van der Waals surface area (Å²) in [5.41, 5.74) is 7.51. The number of hydrogen-bond acceptors (Lipinski definition) is 7. The lowest BCUT2D eigenvalue weighted by atomic mass is 9.92. The van der Waals surface area contributed by atoms with E-state index in [2.05, 4.69) is 31.7 Å². The highest BCUT2D eigenvalue weighted by Gasteiger charge is 2.27. The average molecular weight is 534 g/mol. The molecule has 11 heteroatoms. The van der Waals surface area contributed by atoms with Gasteiger partial charge < -0.3 is 16.4 Å². The van der Waals surface area contributed by atoms with E-state index in [1.807, 2.05) is 6.07 Å². The zero-order valence-electron chi connectivity index (χ0n) is 18.2. The highest BCUT2D eigenvalue weighted by Crippen LogP contribution is 2.28. The molecule has 0 atom stereocenters. The summed E-state index contributed by atoms with van der Waals surface area (Å²) in [7, 11) is -3.43. The van der Waals surface area contributed by atoms with Gasteiger partial charge in [-0.05, 0) is 78.7 Å². The topological polar surface area (TPSA) is 118 Å². The number of sulfonamides is 1. The molecule has 176 valence electrons. The summed E-state index contributed by atoms with van der Waals surface area (Å²) in [5.74, 6) is 1.50. The summed E-state index contributed by atoms with van der Waals surface area (Å²) in [4.78, 5) is 5.04. The van der Waals surface area contributed by atoms with Crippen LogP contribution in [0.4, 0.5) is 17.3 Å². The highest BCUT2D eigenvalue weighted by atomic mass is 79.9. The third-order valence-electron chi connectivity index (χ3n) is 6.38. The van der Waals surface area contributed by atoms with Crippen molar-refractivity contribution >= 4 is 48.9 Å². The molecule has 1 aliphatic carbocycles. The predicted molar refractivity (Wildman–Crippen MR) is 132 cm³/mol. The molecule has 1 aromatic carbocycles. The van der Waals surface area contributed by atoms with E-state index in [-0.39, 0.29) is 6.04 Å². The Morgan fingerprint density at radius 3 is 2.45 bits per heavy atom. The Kier molecular flexibility index (Phi) is 6.30. The van der Waals surface area contributed by atoms with Crippen molar-refractivity contribution in [2.75, 3.05) is 23.7 Å². The molecule has 33 heavy (non-hydrogen) atoms. The molecule has 4 N–H and O–H groups in total. The first-order valence-electron chi connectivity index (χ1n) is 11.3. The van der Waals surface area contributed by atoms with Crippen LogP contribution in [0, 0.1) is 0 Å². The van der Waals surface area contributed by atoms with E-state index in [0.717, 1.165) is 60.3 Å². The van der Waals surface area contributed by atoms with E-state index >= 15 is 0 Å². The van der Waals surface area contributed by atoms with Gasteiger partial charge in [0.2, 0.25) is 10.0 Å². The maximum atomic E-state index is 12.8. The number of nitrogens with zero attached hydrogens (tertiary/aromatic N) is 4. The first kappa shape index (κ1) is 22.6. The van der Waals surface area contributed by atoms with Gasteiger partial charge in [0.05, 0.1) is 15.6 Å². The number of halogens is 1. The Morgan fingerprint density at radius 1 is 1.06 bits per heavy atom. The van der Waals surface area contributed by atoms with Gasteiger partial charge in [0.1, 0.15) is 11.6 Å². The van der Waals surface area contributed by atoms with Crippen molar-refractivity contribution in [3.05, 3.63) is 41.0 Å². The number of aromatic nitrogens is 3. The quantitative estimate of drug-likeness (QED) is 0.442.